The molecule has 0 bridgehead atoms. The topological polar surface area (TPSA) is 91.4 Å². The molecule has 3 heterocycles. The minimum atomic E-state index is -1.03. The highest BCUT2D eigenvalue weighted by Gasteiger charge is 2.60. The van der Waals surface area contributed by atoms with Crippen LogP contribution in [0.1, 0.15) is 33.6 Å². The van der Waals surface area contributed by atoms with Crippen molar-refractivity contribution in [1.29, 1.82) is 0 Å². The van der Waals surface area contributed by atoms with Gasteiger partial charge >= 0.3 is 17.9 Å². The van der Waals surface area contributed by atoms with Gasteiger partial charge in [-0.15, -0.1) is 0 Å². The van der Waals surface area contributed by atoms with E-state index in [9.17, 15) is 14.4 Å². The molecule has 3 saturated heterocycles. The Labute approximate surface area is 157 Å². The molecular formula is C20H22O7. The fourth-order valence-electron chi connectivity index (χ4n) is 3.81. The molecule has 7 heteroatoms. The van der Waals surface area contributed by atoms with Crippen LogP contribution in [0.5, 0.6) is 0 Å². The fraction of sp³-hybridized carbons (Fsp3) is 0.550. The van der Waals surface area contributed by atoms with Gasteiger partial charge < -0.3 is 18.9 Å². The summed E-state index contributed by atoms with van der Waals surface area (Å²) >= 11 is 0. The van der Waals surface area contributed by atoms with Crippen LogP contribution in [0.3, 0.4) is 0 Å². The SMILES string of the molecule is C=C1C(=O)O[C@@H]2/C=C(/C)CC/C=C3/C(=O)O[C@@H]3[C@@H](OC(=O)[C@@]3(C)O[C@@H]3C)[C@@H]12. The van der Waals surface area contributed by atoms with E-state index in [0.29, 0.717) is 12.0 Å². The van der Waals surface area contributed by atoms with Crippen LogP contribution in [0, 0.1) is 5.92 Å². The highest BCUT2D eigenvalue weighted by Crippen LogP contribution is 2.43. The number of hydrogen-bond acceptors (Lipinski definition) is 7. The lowest BCUT2D eigenvalue weighted by molar-refractivity contribution is -0.183. The first-order valence-corrected chi connectivity index (χ1v) is 9.09. The molecule has 0 aromatic carbocycles. The lowest BCUT2D eigenvalue weighted by atomic mass is 9.81. The summed E-state index contributed by atoms with van der Waals surface area (Å²) in [7, 11) is 0. The molecular weight excluding hydrogens is 352 g/mol. The maximum absolute atomic E-state index is 12.7. The fourth-order valence-corrected chi connectivity index (χ4v) is 3.81. The van der Waals surface area contributed by atoms with E-state index in [4.69, 9.17) is 18.9 Å². The number of ether oxygens (including phenoxy) is 4. The van der Waals surface area contributed by atoms with Crippen LogP contribution in [0.2, 0.25) is 0 Å². The van der Waals surface area contributed by atoms with Crippen LogP contribution in [0.25, 0.3) is 0 Å². The first kappa shape index (κ1) is 18.0. The Kier molecular flexibility index (Phi) is 4.03. The molecule has 0 aromatic rings. The quantitative estimate of drug-likeness (QED) is 0.239. The Bertz CT molecular complexity index is 807. The smallest absolute Gasteiger partial charge is 0.341 e. The Morgan fingerprint density at radius 2 is 2.00 bits per heavy atom. The van der Waals surface area contributed by atoms with E-state index in [0.717, 1.165) is 12.0 Å². The summed E-state index contributed by atoms with van der Waals surface area (Å²) in [6.07, 6.45) is 2.52. The number of hydrogen-bond donors (Lipinski definition) is 0. The summed E-state index contributed by atoms with van der Waals surface area (Å²) in [6, 6.07) is 0. The van der Waals surface area contributed by atoms with Crippen molar-refractivity contribution in [2.24, 2.45) is 5.92 Å². The number of rotatable bonds is 2. The molecule has 144 valence electrons. The molecule has 4 rings (SSSR count). The predicted molar refractivity (Wildman–Crippen MR) is 92.3 cm³/mol. The molecule has 0 saturated carbocycles. The van der Waals surface area contributed by atoms with Crippen molar-refractivity contribution in [3.63, 3.8) is 0 Å². The van der Waals surface area contributed by atoms with E-state index in [1.807, 2.05) is 19.1 Å². The maximum Gasteiger partial charge on any atom is 0.341 e. The van der Waals surface area contributed by atoms with Crippen molar-refractivity contribution in [3.8, 4) is 0 Å². The standard InChI is InChI=1S/C20H22O7/c1-9-6-5-7-12-15(25-18(12)22)16(26-19(23)20(4)11(3)27-20)14-10(2)17(21)24-13(14)8-9/h7-8,11,13-16H,2,5-6H2,1,3-4H3/b9-8-,12-7+/t11-,13-,14+,15+,16+,20+/m1/s1. The van der Waals surface area contributed by atoms with Crippen molar-refractivity contribution in [2.45, 2.75) is 63.6 Å². The van der Waals surface area contributed by atoms with Gasteiger partial charge in [0.2, 0.25) is 0 Å². The summed E-state index contributed by atoms with van der Waals surface area (Å²) in [4.78, 5) is 36.8. The number of carbonyl (C=O) groups is 3. The molecule has 0 spiro atoms. The number of fused-ring (bicyclic) bond motifs is 2. The lowest BCUT2D eigenvalue weighted by Crippen LogP contribution is -2.53. The van der Waals surface area contributed by atoms with Gasteiger partial charge in [-0.3, -0.25) is 0 Å². The third-order valence-electron chi connectivity index (χ3n) is 5.83. The molecule has 27 heavy (non-hydrogen) atoms. The Hall–Kier alpha value is -2.41. The summed E-state index contributed by atoms with van der Waals surface area (Å²) in [5, 5.41) is 0. The molecule has 0 N–H and O–H groups in total. The second kappa shape index (κ2) is 6.05. The van der Waals surface area contributed by atoms with Gasteiger partial charge in [0.15, 0.2) is 17.8 Å². The molecule has 0 radical (unpaired) electrons. The highest BCUT2D eigenvalue weighted by atomic mass is 16.7. The van der Waals surface area contributed by atoms with Crippen LogP contribution < -0.4 is 0 Å². The van der Waals surface area contributed by atoms with Crippen molar-refractivity contribution in [1.82, 2.24) is 0 Å². The zero-order chi connectivity index (χ0) is 19.5. The summed E-state index contributed by atoms with van der Waals surface area (Å²) in [5.41, 5.74) is 0.661. The van der Waals surface area contributed by atoms with Gasteiger partial charge in [-0.1, -0.05) is 18.2 Å². The minimum absolute atomic E-state index is 0.208. The average molecular weight is 374 g/mol. The number of esters is 3. The van der Waals surface area contributed by atoms with Gasteiger partial charge in [0.05, 0.1) is 17.6 Å². The first-order chi connectivity index (χ1) is 12.7. The Morgan fingerprint density at radius 3 is 2.63 bits per heavy atom. The molecule has 0 amide bonds. The van der Waals surface area contributed by atoms with E-state index in [1.54, 1.807) is 13.8 Å². The van der Waals surface area contributed by atoms with E-state index in [-0.39, 0.29) is 11.7 Å². The second-order valence-corrected chi connectivity index (χ2v) is 7.70. The Balaban J connectivity index is 1.71. The molecule has 4 aliphatic rings. The minimum Gasteiger partial charge on any atom is -0.455 e. The molecule has 3 fully saturated rings. The van der Waals surface area contributed by atoms with Crippen molar-refractivity contribution in [3.05, 3.63) is 35.5 Å². The molecule has 1 aliphatic carbocycles. The largest absolute Gasteiger partial charge is 0.455 e. The third-order valence-corrected chi connectivity index (χ3v) is 5.83. The van der Waals surface area contributed by atoms with Crippen LogP contribution in [0.15, 0.2) is 35.5 Å². The summed E-state index contributed by atoms with van der Waals surface area (Å²) in [6.45, 7) is 9.20. The van der Waals surface area contributed by atoms with Crippen LogP contribution in [0.4, 0.5) is 0 Å². The van der Waals surface area contributed by atoms with Crippen LogP contribution in [-0.4, -0.2) is 47.9 Å². The third kappa shape index (κ3) is 2.81. The van der Waals surface area contributed by atoms with Gasteiger partial charge in [0, 0.05) is 5.57 Å². The van der Waals surface area contributed by atoms with E-state index in [1.165, 1.54) is 0 Å². The van der Waals surface area contributed by atoms with Gasteiger partial charge in [-0.2, -0.15) is 0 Å². The highest BCUT2D eigenvalue weighted by molar-refractivity contribution is 5.96. The van der Waals surface area contributed by atoms with Crippen LogP contribution >= 0.6 is 0 Å². The Morgan fingerprint density at radius 1 is 1.30 bits per heavy atom. The van der Waals surface area contributed by atoms with Crippen molar-refractivity contribution >= 4 is 17.9 Å². The van der Waals surface area contributed by atoms with Gasteiger partial charge in [-0.05, 0) is 39.7 Å². The average Bonchev–Trinajstić information content (AvgIpc) is 3.13. The normalized spacial score (nSPS) is 44.3. The molecule has 7 nitrogen and oxygen atoms in total. The number of epoxide rings is 1. The van der Waals surface area contributed by atoms with Crippen molar-refractivity contribution < 1.29 is 33.3 Å². The maximum atomic E-state index is 12.7. The van der Waals surface area contributed by atoms with Gasteiger partial charge in [-0.25, -0.2) is 14.4 Å². The zero-order valence-electron chi connectivity index (χ0n) is 15.5. The van der Waals surface area contributed by atoms with Gasteiger partial charge in [0.25, 0.3) is 0 Å². The zero-order valence-corrected chi connectivity index (χ0v) is 15.5. The number of carbonyl (C=O) groups excluding carboxylic acids is 3. The van der Waals surface area contributed by atoms with E-state index >= 15 is 0 Å². The first-order valence-electron chi connectivity index (χ1n) is 9.09. The molecule has 3 aliphatic heterocycles. The molecule has 6 atom stereocenters. The summed E-state index contributed by atoms with van der Waals surface area (Å²) in [5.74, 6) is -2.15. The lowest BCUT2D eigenvalue weighted by Gasteiger charge is -2.39. The summed E-state index contributed by atoms with van der Waals surface area (Å²) < 4.78 is 21.9. The van der Waals surface area contributed by atoms with Crippen LogP contribution in [-0.2, 0) is 33.3 Å². The monoisotopic (exact) mass is 374 g/mol. The van der Waals surface area contributed by atoms with Crippen molar-refractivity contribution in [2.75, 3.05) is 0 Å². The van der Waals surface area contributed by atoms with E-state index in [2.05, 4.69) is 6.58 Å². The number of allylic oxidation sites excluding steroid dienone is 2. The molecule has 0 unspecified atom stereocenters. The van der Waals surface area contributed by atoms with E-state index < -0.39 is 47.7 Å². The predicted octanol–water partition coefficient (Wildman–Crippen LogP) is 1.77. The second-order valence-electron chi connectivity index (χ2n) is 7.70. The van der Waals surface area contributed by atoms with Gasteiger partial charge in [0.1, 0.15) is 6.10 Å². The molecule has 0 aromatic heterocycles.